The third-order valence-electron chi connectivity index (χ3n) is 4.55. The lowest BCUT2D eigenvalue weighted by Crippen LogP contribution is -2.17. The standard InChI is InChI=1S/C24H30O3/c1-23(2,3)19-14-17(15-20(21(19)25)24(4,5)6)9-8-16-10-12-18(13-11-16)22(26)27-7/h8-15,25H,1-7H3/b9-8+. The van der Waals surface area contributed by atoms with Gasteiger partial charge in [0.2, 0.25) is 0 Å². The van der Waals surface area contributed by atoms with E-state index in [9.17, 15) is 9.90 Å². The van der Waals surface area contributed by atoms with Gasteiger partial charge in [-0.15, -0.1) is 0 Å². The number of esters is 1. The van der Waals surface area contributed by atoms with E-state index in [1.807, 2.05) is 36.4 Å². The van der Waals surface area contributed by atoms with Crippen LogP contribution in [-0.4, -0.2) is 18.2 Å². The minimum Gasteiger partial charge on any atom is -0.507 e. The summed E-state index contributed by atoms with van der Waals surface area (Å²) in [5, 5.41) is 10.8. The molecular weight excluding hydrogens is 336 g/mol. The zero-order chi connectivity index (χ0) is 20.4. The minimum absolute atomic E-state index is 0.157. The van der Waals surface area contributed by atoms with Gasteiger partial charge >= 0.3 is 5.97 Å². The smallest absolute Gasteiger partial charge is 0.337 e. The summed E-state index contributed by atoms with van der Waals surface area (Å²) in [6.07, 6.45) is 4.05. The van der Waals surface area contributed by atoms with Crippen molar-refractivity contribution in [2.75, 3.05) is 7.11 Å². The van der Waals surface area contributed by atoms with Gasteiger partial charge in [0, 0.05) is 11.1 Å². The van der Waals surface area contributed by atoms with Crippen molar-refractivity contribution in [2.45, 2.75) is 52.4 Å². The fourth-order valence-corrected chi connectivity index (χ4v) is 2.94. The van der Waals surface area contributed by atoms with Gasteiger partial charge in [-0.05, 0) is 46.2 Å². The molecule has 3 heteroatoms. The number of carbonyl (C=O) groups excluding carboxylic acids is 1. The van der Waals surface area contributed by atoms with Gasteiger partial charge in [0.05, 0.1) is 12.7 Å². The average molecular weight is 367 g/mol. The van der Waals surface area contributed by atoms with Gasteiger partial charge in [0.1, 0.15) is 5.75 Å². The number of carbonyl (C=O) groups is 1. The maximum absolute atomic E-state index is 11.5. The number of ether oxygens (including phenoxy) is 1. The second kappa shape index (κ2) is 7.59. The molecule has 0 aliphatic carbocycles. The molecule has 0 spiro atoms. The minimum atomic E-state index is -0.339. The Hall–Kier alpha value is -2.55. The summed E-state index contributed by atoms with van der Waals surface area (Å²) >= 11 is 0. The van der Waals surface area contributed by atoms with E-state index in [0.29, 0.717) is 11.3 Å². The highest BCUT2D eigenvalue weighted by Gasteiger charge is 2.26. The van der Waals surface area contributed by atoms with Gasteiger partial charge in [0.25, 0.3) is 0 Å². The van der Waals surface area contributed by atoms with Gasteiger partial charge in [-0.25, -0.2) is 4.79 Å². The Kier molecular flexibility index (Phi) is 5.84. The van der Waals surface area contributed by atoms with Crippen LogP contribution in [0.2, 0.25) is 0 Å². The summed E-state index contributed by atoms with van der Waals surface area (Å²) in [5.74, 6) is 0.0447. The first-order valence-corrected chi connectivity index (χ1v) is 9.18. The van der Waals surface area contributed by atoms with Crippen molar-refractivity contribution < 1.29 is 14.6 Å². The quantitative estimate of drug-likeness (QED) is 0.540. The lowest BCUT2D eigenvalue weighted by molar-refractivity contribution is 0.0600. The molecule has 0 heterocycles. The Morgan fingerprint density at radius 1 is 0.852 bits per heavy atom. The van der Waals surface area contributed by atoms with Crippen LogP contribution in [0.3, 0.4) is 0 Å². The maximum Gasteiger partial charge on any atom is 0.337 e. The first-order chi connectivity index (χ1) is 12.4. The first-order valence-electron chi connectivity index (χ1n) is 9.18. The highest BCUT2D eigenvalue weighted by atomic mass is 16.5. The summed E-state index contributed by atoms with van der Waals surface area (Å²) in [6.45, 7) is 12.6. The van der Waals surface area contributed by atoms with Crippen molar-refractivity contribution in [3.8, 4) is 5.75 Å². The van der Waals surface area contributed by atoms with E-state index in [1.165, 1.54) is 7.11 Å². The number of hydrogen-bond donors (Lipinski definition) is 1. The number of aromatic hydroxyl groups is 1. The molecule has 0 saturated carbocycles. The molecule has 0 bridgehead atoms. The van der Waals surface area contributed by atoms with E-state index in [0.717, 1.165) is 22.3 Å². The Balaban J connectivity index is 2.43. The monoisotopic (exact) mass is 366 g/mol. The average Bonchev–Trinajstić information content (AvgIpc) is 2.58. The molecule has 0 aliphatic heterocycles. The van der Waals surface area contributed by atoms with Gasteiger partial charge in [-0.3, -0.25) is 0 Å². The Morgan fingerprint density at radius 2 is 1.30 bits per heavy atom. The molecule has 0 atom stereocenters. The van der Waals surface area contributed by atoms with Gasteiger partial charge < -0.3 is 9.84 Å². The molecule has 1 N–H and O–H groups in total. The highest BCUT2D eigenvalue weighted by Crippen LogP contribution is 2.40. The topological polar surface area (TPSA) is 46.5 Å². The van der Waals surface area contributed by atoms with Crippen molar-refractivity contribution in [2.24, 2.45) is 0 Å². The molecule has 2 aromatic rings. The van der Waals surface area contributed by atoms with E-state index >= 15 is 0 Å². The molecule has 0 amide bonds. The molecule has 27 heavy (non-hydrogen) atoms. The predicted molar refractivity (Wildman–Crippen MR) is 112 cm³/mol. The van der Waals surface area contributed by atoms with Crippen LogP contribution in [0, 0.1) is 0 Å². The molecular formula is C24H30O3. The van der Waals surface area contributed by atoms with E-state index < -0.39 is 0 Å². The Labute approximate surface area is 162 Å². The molecule has 0 radical (unpaired) electrons. The predicted octanol–water partition coefficient (Wildman–Crippen LogP) is 5.94. The van der Waals surface area contributed by atoms with Crippen molar-refractivity contribution in [1.29, 1.82) is 0 Å². The van der Waals surface area contributed by atoms with Crippen molar-refractivity contribution in [3.63, 3.8) is 0 Å². The normalized spacial score (nSPS) is 12.4. The largest absolute Gasteiger partial charge is 0.507 e. The molecule has 0 saturated heterocycles. The third kappa shape index (κ3) is 5.00. The summed E-state index contributed by atoms with van der Waals surface area (Å²) < 4.78 is 4.73. The molecule has 3 nitrogen and oxygen atoms in total. The molecule has 0 unspecified atom stereocenters. The van der Waals surface area contributed by atoms with E-state index in [-0.39, 0.29) is 16.8 Å². The van der Waals surface area contributed by atoms with Crippen molar-refractivity contribution in [1.82, 2.24) is 0 Å². The van der Waals surface area contributed by atoms with Crippen LogP contribution in [0.4, 0.5) is 0 Å². The SMILES string of the molecule is COC(=O)c1ccc(/C=C/c2cc(C(C)(C)C)c(O)c(C(C)(C)C)c2)cc1. The zero-order valence-corrected chi connectivity index (χ0v) is 17.4. The van der Waals surface area contributed by atoms with E-state index in [2.05, 4.69) is 41.5 Å². The van der Waals surface area contributed by atoms with Gasteiger partial charge in [-0.2, -0.15) is 0 Å². The number of rotatable bonds is 3. The number of benzene rings is 2. The van der Waals surface area contributed by atoms with Gasteiger partial charge in [-0.1, -0.05) is 65.8 Å². The Morgan fingerprint density at radius 3 is 1.70 bits per heavy atom. The van der Waals surface area contributed by atoms with E-state index in [4.69, 9.17) is 4.74 Å². The summed E-state index contributed by atoms with van der Waals surface area (Å²) in [6, 6.07) is 11.4. The van der Waals surface area contributed by atoms with Crippen LogP contribution >= 0.6 is 0 Å². The van der Waals surface area contributed by atoms with Crippen LogP contribution in [0.25, 0.3) is 12.2 Å². The number of phenolic OH excluding ortho intramolecular Hbond substituents is 1. The van der Waals surface area contributed by atoms with Gasteiger partial charge in [0.15, 0.2) is 0 Å². The number of methoxy groups -OCH3 is 1. The molecule has 144 valence electrons. The second-order valence-electron chi connectivity index (χ2n) is 8.91. The van der Waals surface area contributed by atoms with Crippen molar-refractivity contribution >= 4 is 18.1 Å². The van der Waals surface area contributed by atoms with Crippen LogP contribution in [0.5, 0.6) is 5.75 Å². The Bertz CT molecular complexity index is 810. The first kappa shape index (κ1) is 20.8. The third-order valence-corrected chi connectivity index (χ3v) is 4.55. The highest BCUT2D eigenvalue weighted by molar-refractivity contribution is 5.89. The molecule has 0 fully saturated rings. The van der Waals surface area contributed by atoms with Crippen LogP contribution in [0.15, 0.2) is 36.4 Å². The molecule has 2 aromatic carbocycles. The fraction of sp³-hybridized carbons (Fsp3) is 0.375. The lowest BCUT2D eigenvalue weighted by Gasteiger charge is -2.27. The number of hydrogen-bond acceptors (Lipinski definition) is 3. The van der Waals surface area contributed by atoms with Crippen molar-refractivity contribution in [3.05, 3.63) is 64.2 Å². The second-order valence-corrected chi connectivity index (χ2v) is 8.91. The van der Waals surface area contributed by atoms with Crippen LogP contribution in [0.1, 0.15) is 74.2 Å². The van der Waals surface area contributed by atoms with E-state index in [1.54, 1.807) is 12.1 Å². The molecule has 0 aliphatic rings. The molecule has 2 rings (SSSR count). The summed E-state index contributed by atoms with van der Waals surface area (Å²) in [7, 11) is 1.38. The zero-order valence-electron chi connectivity index (χ0n) is 17.4. The fourth-order valence-electron chi connectivity index (χ4n) is 2.94. The van der Waals surface area contributed by atoms with Crippen LogP contribution < -0.4 is 0 Å². The number of phenols is 1. The maximum atomic E-state index is 11.5. The van der Waals surface area contributed by atoms with Crippen LogP contribution in [-0.2, 0) is 15.6 Å². The lowest BCUT2D eigenvalue weighted by atomic mass is 9.78. The summed E-state index contributed by atoms with van der Waals surface area (Å²) in [4.78, 5) is 11.5. The summed E-state index contributed by atoms with van der Waals surface area (Å²) in [5.41, 5.74) is 4.13. The molecule has 0 aromatic heterocycles.